The number of guanidine groups is 1. The Hall–Kier alpha value is -0.770. The summed E-state index contributed by atoms with van der Waals surface area (Å²) in [6.45, 7) is 11.3. The van der Waals surface area contributed by atoms with Gasteiger partial charge in [0.2, 0.25) is 0 Å². The van der Waals surface area contributed by atoms with Crippen molar-refractivity contribution in [2.75, 3.05) is 26.7 Å². The molecule has 0 radical (unpaired) electrons. The first kappa shape index (κ1) is 24.5. The van der Waals surface area contributed by atoms with E-state index in [1.807, 2.05) is 13.8 Å². The number of hydrogen-bond donors (Lipinski definition) is 2. The molecule has 4 heteroatoms. The largest absolute Gasteiger partial charge is 0.400 e. The summed E-state index contributed by atoms with van der Waals surface area (Å²) in [7, 11) is 1.00. The van der Waals surface area contributed by atoms with Gasteiger partial charge in [-0.2, -0.15) is 0 Å². The molecule has 1 fully saturated rings. The molecule has 1 heterocycles. The van der Waals surface area contributed by atoms with E-state index in [-0.39, 0.29) is 0 Å². The number of unbranched alkanes of at least 4 members (excludes halogenated alkanes) is 1. The molecule has 0 amide bonds. The van der Waals surface area contributed by atoms with Crippen molar-refractivity contribution < 1.29 is 5.11 Å². The normalized spacial score (nSPS) is 17.0. The number of nitrogens with two attached hydrogens (primary N) is 1. The van der Waals surface area contributed by atoms with Crippen molar-refractivity contribution in [3.05, 3.63) is 0 Å². The fourth-order valence-electron chi connectivity index (χ4n) is 2.94. The Bertz CT molecular complexity index is 251. The molecule has 0 aromatic carbocycles. The van der Waals surface area contributed by atoms with Gasteiger partial charge in [0.25, 0.3) is 0 Å². The molecule has 0 atom stereocenters. The molecule has 0 aromatic rings. The molecule has 0 saturated heterocycles. The third-order valence-corrected chi connectivity index (χ3v) is 3.98. The highest BCUT2D eigenvalue weighted by Gasteiger charge is 2.14. The molecule has 0 aromatic heterocycles. The highest BCUT2D eigenvalue weighted by molar-refractivity contribution is 5.79. The van der Waals surface area contributed by atoms with E-state index in [1.54, 1.807) is 0 Å². The Morgan fingerprint density at radius 2 is 1.65 bits per heavy atom. The Labute approximate surface area is 145 Å². The van der Waals surface area contributed by atoms with Crippen molar-refractivity contribution in [3.63, 3.8) is 0 Å². The van der Waals surface area contributed by atoms with Crippen LogP contribution < -0.4 is 5.73 Å². The van der Waals surface area contributed by atoms with Crippen molar-refractivity contribution in [2.45, 2.75) is 85.5 Å². The second-order valence-electron chi connectivity index (χ2n) is 5.93. The standard InChI is InChI=1S/C13H25N3.C3H8.C2H6.CH4O/c14-13-15-9-11-16(13)10-5-4-8-12-6-2-1-3-7-12;1-3-2;2*1-2/h12H,1-11H2,(H2,14,15);3H2,1-2H3;1-2H3;2H,1H3. The molecule has 3 N–H and O–H groups in total. The number of rotatable bonds is 5. The quantitative estimate of drug-likeness (QED) is 0.734. The molecule has 1 saturated carbocycles. The van der Waals surface area contributed by atoms with Crippen LogP contribution in [0.1, 0.15) is 85.5 Å². The number of aliphatic hydroxyl groups excluding tert-OH is 1. The van der Waals surface area contributed by atoms with E-state index >= 15 is 0 Å². The fraction of sp³-hybridized carbons (Fsp3) is 0.947. The lowest BCUT2D eigenvalue weighted by Crippen LogP contribution is -2.34. The van der Waals surface area contributed by atoms with Crippen molar-refractivity contribution in [1.29, 1.82) is 0 Å². The van der Waals surface area contributed by atoms with E-state index in [9.17, 15) is 0 Å². The summed E-state index contributed by atoms with van der Waals surface area (Å²) in [5.41, 5.74) is 5.78. The third kappa shape index (κ3) is 13.4. The van der Waals surface area contributed by atoms with Crippen molar-refractivity contribution >= 4 is 5.96 Å². The van der Waals surface area contributed by atoms with Gasteiger partial charge in [-0.1, -0.05) is 79.1 Å². The predicted octanol–water partition coefficient (Wildman–Crippen LogP) is 4.42. The van der Waals surface area contributed by atoms with Crippen molar-refractivity contribution in [1.82, 2.24) is 4.90 Å². The molecular weight excluding hydrogens is 286 g/mol. The lowest BCUT2D eigenvalue weighted by molar-refractivity contribution is 0.322. The van der Waals surface area contributed by atoms with Crippen LogP contribution in [0.4, 0.5) is 0 Å². The smallest absolute Gasteiger partial charge is 0.191 e. The maximum absolute atomic E-state index is 7.00. The molecule has 2 rings (SSSR count). The minimum atomic E-state index is 0.762. The maximum atomic E-state index is 7.00. The van der Waals surface area contributed by atoms with Crippen LogP contribution in [0.25, 0.3) is 0 Å². The fourth-order valence-corrected chi connectivity index (χ4v) is 2.94. The summed E-state index contributed by atoms with van der Waals surface area (Å²) < 4.78 is 0. The predicted molar refractivity (Wildman–Crippen MR) is 104 cm³/mol. The summed E-state index contributed by atoms with van der Waals surface area (Å²) >= 11 is 0. The minimum absolute atomic E-state index is 0.762. The Morgan fingerprint density at radius 1 is 1.09 bits per heavy atom. The Kier molecular flexibility index (Phi) is 20.5. The zero-order valence-corrected chi connectivity index (χ0v) is 16.5. The van der Waals surface area contributed by atoms with Gasteiger partial charge in [0.05, 0.1) is 6.54 Å². The van der Waals surface area contributed by atoms with Crippen LogP contribution in [0.3, 0.4) is 0 Å². The molecule has 4 nitrogen and oxygen atoms in total. The first-order valence-corrected chi connectivity index (χ1v) is 9.77. The van der Waals surface area contributed by atoms with Crippen LogP contribution in [0.15, 0.2) is 4.99 Å². The van der Waals surface area contributed by atoms with Gasteiger partial charge < -0.3 is 15.7 Å². The van der Waals surface area contributed by atoms with Gasteiger partial charge in [-0.15, -0.1) is 0 Å². The molecule has 0 spiro atoms. The number of aliphatic hydroxyl groups is 1. The molecule has 23 heavy (non-hydrogen) atoms. The number of nitrogens with zero attached hydrogens (tertiary/aromatic N) is 2. The summed E-state index contributed by atoms with van der Waals surface area (Å²) in [4.78, 5) is 6.43. The molecule has 1 aliphatic heterocycles. The zero-order chi connectivity index (χ0) is 17.9. The maximum Gasteiger partial charge on any atom is 0.191 e. The Morgan fingerprint density at radius 3 is 2.13 bits per heavy atom. The second-order valence-corrected chi connectivity index (χ2v) is 5.93. The average molecular weight is 330 g/mol. The number of aliphatic imine (C=N–C) groups is 1. The van der Waals surface area contributed by atoms with Gasteiger partial charge in [0.15, 0.2) is 5.96 Å². The second kappa shape index (κ2) is 19.3. The van der Waals surface area contributed by atoms with Gasteiger partial charge in [0, 0.05) is 20.2 Å². The van der Waals surface area contributed by atoms with Crippen LogP contribution in [0.2, 0.25) is 0 Å². The highest BCUT2D eigenvalue weighted by Crippen LogP contribution is 2.27. The molecule has 0 unspecified atom stereocenters. The van der Waals surface area contributed by atoms with E-state index in [4.69, 9.17) is 10.8 Å². The van der Waals surface area contributed by atoms with Gasteiger partial charge in [0.1, 0.15) is 0 Å². The summed E-state index contributed by atoms with van der Waals surface area (Å²) in [5, 5.41) is 7.00. The van der Waals surface area contributed by atoms with E-state index in [2.05, 4.69) is 23.7 Å². The topological polar surface area (TPSA) is 61.9 Å². The minimum Gasteiger partial charge on any atom is -0.400 e. The van der Waals surface area contributed by atoms with Crippen molar-refractivity contribution in [2.24, 2.45) is 16.6 Å². The van der Waals surface area contributed by atoms with E-state index in [1.165, 1.54) is 57.8 Å². The SMILES string of the molecule is CC.CCC.CO.NC1=NCCN1CCCCC1CCCCC1. The lowest BCUT2D eigenvalue weighted by atomic mass is 9.86. The van der Waals surface area contributed by atoms with E-state index in [0.29, 0.717) is 0 Å². The molecular formula is C19H43N3O. The van der Waals surface area contributed by atoms with E-state index < -0.39 is 0 Å². The van der Waals surface area contributed by atoms with Crippen LogP contribution in [0.5, 0.6) is 0 Å². The lowest BCUT2D eigenvalue weighted by Gasteiger charge is -2.22. The van der Waals surface area contributed by atoms with Crippen LogP contribution in [-0.2, 0) is 0 Å². The van der Waals surface area contributed by atoms with Gasteiger partial charge in [-0.3, -0.25) is 4.99 Å². The summed E-state index contributed by atoms with van der Waals surface area (Å²) in [6.07, 6.45) is 12.7. The molecule has 1 aliphatic carbocycles. The van der Waals surface area contributed by atoms with E-state index in [0.717, 1.165) is 38.6 Å². The molecule has 140 valence electrons. The zero-order valence-electron chi connectivity index (χ0n) is 16.5. The first-order valence-electron chi connectivity index (χ1n) is 9.77. The van der Waals surface area contributed by atoms with Gasteiger partial charge in [-0.25, -0.2) is 0 Å². The van der Waals surface area contributed by atoms with Crippen LogP contribution >= 0.6 is 0 Å². The average Bonchev–Trinajstić information content (AvgIpc) is 3.02. The van der Waals surface area contributed by atoms with Crippen LogP contribution in [-0.4, -0.2) is 42.7 Å². The summed E-state index contributed by atoms with van der Waals surface area (Å²) in [5.74, 6) is 1.79. The third-order valence-electron chi connectivity index (χ3n) is 3.98. The number of hydrogen-bond acceptors (Lipinski definition) is 4. The van der Waals surface area contributed by atoms with Gasteiger partial charge >= 0.3 is 0 Å². The molecule has 0 bridgehead atoms. The first-order chi connectivity index (χ1) is 11.3. The Balaban J connectivity index is 0. The highest BCUT2D eigenvalue weighted by atomic mass is 16.2. The monoisotopic (exact) mass is 329 g/mol. The van der Waals surface area contributed by atoms with Gasteiger partial charge in [-0.05, 0) is 12.3 Å². The van der Waals surface area contributed by atoms with Crippen molar-refractivity contribution in [3.8, 4) is 0 Å². The molecule has 2 aliphatic rings. The van der Waals surface area contributed by atoms with Crippen LogP contribution in [0, 0.1) is 5.92 Å². The summed E-state index contributed by atoms with van der Waals surface area (Å²) in [6, 6.07) is 0.